The summed E-state index contributed by atoms with van der Waals surface area (Å²) in [6, 6.07) is 40.2. The normalized spacial score (nSPS) is 12.0. The summed E-state index contributed by atoms with van der Waals surface area (Å²) in [6.45, 7) is 11.3. The zero-order valence-corrected chi connectivity index (χ0v) is 25.8. The second kappa shape index (κ2) is 10.2. The molecule has 0 spiro atoms. The van der Waals surface area contributed by atoms with Gasteiger partial charge in [-0.15, -0.1) is 11.3 Å². The van der Waals surface area contributed by atoms with E-state index in [0.29, 0.717) is 0 Å². The monoisotopic (exact) mass is 564 g/mol. The first kappa shape index (κ1) is 26.6. The Bertz CT molecular complexity index is 2050. The van der Waals surface area contributed by atoms with Crippen LogP contribution in [-0.4, -0.2) is 4.57 Å². The van der Waals surface area contributed by atoms with E-state index in [1.54, 1.807) is 0 Å². The van der Waals surface area contributed by atoms with Gasteiger partial charge < -0.3 is 9.47 Å². The van der Waals surface area contributed by atoms with E-state index >= 15 is 0 Å². The van der Waals surface area contributed by atoms with Gasteiger partial charge in [0.25, 0.3) is 0 Å². The third-order valence-electron chi connectivity index (χ3n) is 8.57. The Morgan fingerprint density at radius 1 is 0.690 bits per heavy atom. The minimum Gasteiger partial charge on any atom is -0.309 e. The van der Waals surface area contributed by atoms with E-state index in [-0.39, 0.29) is 5.41 Å². The smallest absolute Gasteiger partial charge is 0.0647 e. The summed E-state index contributed by atoms with van der Waals surface area (Å²) < 4.78 is 3.70. The fraction of sp³-hybridized carbons (Fsp3) is 0.179. The van der Waals surface area contributed by atoms with Crippen LogP contribution in [0.1, 0.15) is 44.4 Å². The lowest BCUT2D eigenvalue weighted by atomic mass is 9.87. The zero-order valence-electron chi connectivity index (χ0n) is 25.0. The van der Waals surface area contributed by atoms with Crippen LogP contribution in [0, 0.1) is 6.92 Å². The van der Waals surface area contributed by atoms with Gasteiger partial charge in [-0.05, 0) is 84.0 Å². The molecule has 2 nitrogen and oxygen atoms in total. The number of hydrogen-bond acceptors (Lipinski definition) is 2. The van der Waals surface area contributed by atoms with Crippen molar-refractivity contribution in [2.24, 2.45) is 0 Å². The second-order valence-electron chi connectivity index (χ2n) is 12.2. The Morgan fingerprint density at radius 2 is 1.43 bits per heavy atom. The Hall–Kier alpha value is -4.34. The van der Waals surface area contributed by atoms with E-state index in [4.69, 9.17) is 0 Å². The van der Waals surface area contributed by atoms with Gasteiger partial charge in [0, 0.05) is 43.3 Å². The maximum absolute atomic E-state index is 2.49. The number of anilines is 3. The summed E-state index contributed by atoms with van der Waals surface area (Å²) in [5.74, 6) is 0. The van der Waals surface area contributed by atoms with E-state index < -0.39 is 0 Å². The molecule has 2 aromatic heterocycles. The number of aromatic nitrogens is 1. The molecule has 0 amide bonds. The van der Waals surface area contributed by atoms with Gasteiger partial charge in [-0.1, -0.05) is 88.4 Å². The van der Waals surface area contributed by atoms with Gasteiger partial charge in [0.2, 0.25) is 0 Å². The molecule has 0 aliphatic heterocycles. The molecule has 0 bridgehead atoms. The predicted octanol–water partition coefficient (Wildman–Crippen LogP) is 11.6. The van der Waals surface area contributed by atoms with Crippen LogP contribution in [-0.2, 0) is 11.8 Å². The molecular formula is C39H36N2S. The van der Waals surface area contributed by atoms with Crippen molar-refractivity contribution in [2.45, 2.75) is 46.5 Å². The lowest BCUT2D eigenvalue weighted by molar-refractivity contribution is 0.590. The molecule has 0 fully saturated rings. The SMILES string of the molecule is CCc1c(C)cccc1N(c1ccc(C(C)(C)C)cc1)c1csc2cc3c(cc12)c1ccccc1n3-c1ccccc1. The first-order chi connectivity index (χ1) is 20.3. The molecule has 0 saturated carbocycles. The van der Waals surface area contributed by atoms with Crippen LogP contribution in [0.5, 0.6) is 0 Å². The Morgan fingerprint density at radius 3 is 2.17 bits per heavy atom. The minimum absolute atomic E-state index is 0.106. The Labute approximate surface area is 252 Å². The summed E-state index contributed by atoms with van der Waals surface area (Å²) in [5.41, 5.74) is 11.5. The maximum atomic E-state index is 2.49. The van der Waals surface area contributed by atoms with E-state index in [2.05, 4.69) is 159 Å². The standard InChI is InChI=1S/C39H36N2S/c1-6-30-26(2)13-12-18-34(30)41(29-21-19-27(20-22-29)39(3,4)5)37-25-42-38-24-36-32(23-33(37)38)31-16-10-11-17-35(31)40(36)28-14-8-7-9-15-28/h7-25H,6H2,1-5H3. The summed E-state index contributed by atoms with van der Waals surface area (Å²) in [7, 11) is 0. The number of rotatable bonds is 5. The van der Waals surface area contributed by atoms with Gasteiger partial charge in [0.15, 0.2) is 0 Å². The number of fused-ring (bicyclic) bond motifs is 4. The predicted molar refractivity (Wildman–Crippen MR) is 184 cm³/mol. The molecule has 5 aromatic carbocycles. The van der Waals surface area contributed by atoms with Gasteiger partial charge in [-0.25, -0.2) is 0 Å². The second-order valence-corrected chi connectivity index (χ2v) is 13.1. The first-order valence-electron chi connectivity index (χ1n) is 14.8. The summed E-state index contributed by atoms with van der Waals surface area (Å²) >= 11 is 1.83. The lowest BCUT2D eigenvalue weighted by Gasteiger charge is -2.29. The largest absolute Gasteiger partial charge is 0.309 e. The summed E-state index contributed by atoms with van der Waals surface area (Å²) in [6.07, 6.45) is 0.982. The highest BCUT2D eigenvalue weighted by Crippen LogP contribution is 2.46. The third-order valence-corrected chi connectivity index (χ3v) is 9.51. The van der Waals surface area contributed by atoms with E-state index in [1.165, 1.54) is 71.3 Å². The topological polar surface area (TPSA) is 8.17 Å². The van der Waals surface area contributed by atoms with Crippen molar-refractivity contribution in [1.29, 1.82) is 0 Å². The molecule has 3 heteroatoms. The van der Waals surface area contributed by atoms with Crippen LogP contribution in [0.3, 0.4) is 0 Å². The molecule has 7 aromatic rings. The van der Waals surface area contributed by atoms with Crippen LogP contribution < -0.4 is 4.90 Å². The number of aryl methyl sites for hydroxylation is 1. The number of benzene rings is 5. The van der Waals surface area contributed by atoms with Crippen molar-refractivity contribution in [1.82, 2.24) is 4.57 Å². The van der Waals surface area contributed by atoms with E-state index in [9.17, 15) is 0 Å². The van der Waals surface area contributed by atoms with Crippen LogP contribution in [0.4, 0.5) is 17.1 Å². The van der Waals surface area contributed by atoms with Crippen LogP contribution >= 0.6 is 11.3 Å². The number of thiophene rings is 1. The molecule has 0 saturated heterocycles. The van der Waals surface area contributed by atoms with Gasteiger partial charge in [0.05, 0.1) is 16.7 Å². The molecule has 0 radical (unpaired) electrons. The van der Waals surface area contributed by atoms with Crippen molar-refractivity contribution < 1.29 is 0 Å². The minimum atomic E-state index is 0.106. The van der Waals surface area contributed by atoms with Crippen LogP contribution in [0.15, 0.2) is 115 Å². The lowest BCUT2D eigenvalue weighted by Crippen LogP contribution is -2.14. The average molecular weight is 565 g/mol. The van der Waals surface area contributed by atoms with Gasteiger partial charge in [0.1, 0.15) is 0 Å². The van der Waals surface area contributed by atoms with E-state index in [0.717, 1.165) is 6.42 Å². The Balaban J connectivity index is 1.50. The average Bonchev–Trinajstić information content (AvgIpc) is 3.55. The molecule has 0 aliphatic carbocycles. The third kappa shape index (κ3) is 4.31. The Kier molecular flexibility index (Phi) is 6.44. The van der Waals surface area contributed by atoms with Gasteiger partial charge >= 0.3 is 0 Å². The molecular weight excluding hydrogens is 529 g/mol. The van der Waals surface area contributed by atoms with Crippen LogP contribution in [0.25, 0.3) is 37.6 Å². The fourth-order valence-electron chi connectivity index (χ4n) is 6.38. The molecule has 0 aliphatic rings. The van der Waals surface area contributed by atoms with Crippen molar-refractivity contribution in [3.63, 3.8) is 0 Å². The van der Waals surface area contributed by atoms with Crippen LogP contribution in [0.2, 0.25) is 0 Å². The number of hydrogen-bond donors (Lipinski definition) is 0. The number of para-hydroxylation sites is 2. The highest BCUT2D eigenvalue weighted by Gasteiger charge is 2.23. The molecule has 0 unspecified atom stereocenters. The fourth-order valence-corrected chi connectivity index (χ4v) is 7.32. The zero-order chi connectivity index (χ0) is 29.0. The molecule has 2 heterocycles. The van der Waals surface area contributed by atoms with Crippen molar-refractivity contribution in [3.8, 4) is 5.69 Å². The first-order valence-corrected chi connectivity index (χ1v) is 15.7. The molecule has 42 heavy (non-hydrogen) atoms. The highest BCUT2D eigenvalue weighted by molar-refractivity contribution is 7.18. The summed E-state index contributed by atoms with van der Waals surface area (Å²) in [4.78, 5) is 2.49. The summed E-state index contributed by atoms with van der Waals surface area (Å²) in [5, 5.41) is 6.19. The molecule has 208 valence electrons. The van der Waals surface area contributed by atoms with E-state index in [1.807, 2.05) is 11.3 Å². The van der Waals surface area contributed by atoms with Crippen molar-refractivity contribution in [2.75, 3.05) is 4.90 Å². The quantitative estimate of drug-likeness (QED) is 0.202. The highest BCUT2D eigenvalue weighted by atomic mass is 32.1. The molecule has 7 rings (SSSR count). The molecule has 0 N–H and O–H groups in total. The van der Waals surface area contributed by atoms with Crippen molar-refractivity contribution in [3.05, 3.63) is 131 Å². The van der Waals surface area contributed by atoms with Gasteiger partial charge in [-0.3, -0.25) is 0 Å². The van der Waals surface area contributed by atoms with Crippen molar-refractivity contribution >= 4 is 60.3 Å². The molecule has 0 atom stereocenters. The number of nitrogens with zero attached hydrogens (tertiary/aromatic N) is 2. The van der Waals surface area contributed by atoms with Gasteiger partial charge in [-0.2, -0.15) is 0 Å². The maximum Gasteiger partial charge on any atom is 0.0647 e.